The van der Waals surface area contributed by atoms with Gasteiger partial charge >= 0.3 is 0 Å². The van der Waals surface area contributed by atoms with E-state index in [2.05, 4.69) is 11.0 Å². The van der Waals surface area contributed by atoms with Crippen LogP contribution in [0, 0.1) is 11.3 Å². The van der Waals surface area contributed by atoms with Gasteiger partial charge in [0.25, 0.3) is 0 Å². The van der Waals surface area contributed by atoms with E-state index < -0.39 is 0 Å². The Balaban J connectivity index is 2.07. The molecule has 0 atom stereocenters. The van der Waals surface area contributed by atoms with Crippen molar-refractivity contribution in [2.75, 3.05) is 45.8 Å². The van der Waals surface area contributed by atoms with E-state index >= 15 is 0 Å². The maximum absolute atomic E-state index is 8.65. The van der Waals surface area contributed by atoms with Crippen molar-refractivity contribution in [3.63, 3.8) is 0 Å². The van der Waals surface area contributed by atoms with Gasteiger partial charge in [0.2, 0.25) is 0 Å². The topological polar surface area (TPSA) is 27.0 Å². The average Bonchev–Trinajstić information content (AvgIpc) is 2.07. The molecule has 0 radical (unpaired) electrons. The minimum absolute atomic E-state index is 0.730. The van der Waals surface area contributed by atoms with Crippen LogP contribution in [0.4, 0.5) is 0 Å². The molecule has 60 valence electrons. The molecule has 3 fully saturated rings. The smallest absolute Gasteiger partial charge is 0.166 e. The lowest BCUT2D eigenvalue weighted by molar-refractivity contribution is -0.934. The molecular formula is C8H14N3+. The highest BCUT2D eigenvalue weighted by molar-refractivity contribution is 4.77. The average molecular weight is 152 g/mol. The van der Waals surface area contributed by atoms with Crippen LogP contribution in [0.1, 0.15) is 0 Å². The molecule has 3 rings (SSSR count). The van der Waals surface area contributed by atoms with Gasteiger partial charge in [-0.3, -0.25) is 4.90 Å². The third-order valence-electron chi connectivity index (χ3n) is 3.08. The second-order valence-corrected chi connectivity index (χ2v) is 3.67. The van der Waals surface area contributed by atoms with Crippen LogP contribution >= 0.6 is 0 Å². The van der Waals surface area contributed by atoms with Gasteiger partial charge in [-0.15, -0.1) is 0 Å². The van der Waals surface area contributed by atoms with Crippen molar-refractivity contribution in [2.45, 2.75) is 0 Å². The fourth-order valence-corrected chi connectivity index (χ4v) is 2.12. The number of fused-ring (bicyclic) bond motifs is 3. The SMILES string of the molecule is N#CC[N+]12CCN(CC1)CC2. The molecule has 11 heavy (non-hydrogen) atoms. The molecule has 0 aromatic carbocycles. The van der Waals surface area contributed by atoms with Crippen LogP contribution in [0.3, 0.4) is 0 Å². The first-order valence-electron chi connectivity index (χ1n) is 4.29. The Kier molecular flexibility index (Phi) is 1.59. The molecule has 0 unspecified atom stereocenters. The molecule has 0 spiro atoms. The minimum atomic E-state index is 0.730. The van der Waals surface area contributed by atoms with Gasteiger partial charge in [0, 0.05) is 19.6 Å². The first kappa shape index (κ1) is 7.08. The van der Waals surface area contributed by atoms with Crippen LogP contribution in [-0.2, 0) is 0 Å². The van der Waals surface area contributed by atoms with Gasteiger partial charge in [-0.25, -0.2) is 0 Å². The number of piperazine rings is 3. The number of hydrogen-bond donors (Lipinski definition) is 0. The molecule has 3 heterocycles. The van der Waals surface area contributed by atoms with Crippen LogP contribution in [0.5, 0.6) is 0 Å². The zero-order chi connectivity index (χ0) is 7.73. The molecule has 0 aliphatic carbocycles. The third-order valence-corrected chi connectivity index (χ3v) is 3.08. The molecule has 3 aliphatic rings. The minimum Gasteiger partial charge on any atom is -0.309 e. The summed E-state index contributed by atoms with van der Waals surface area (Å²) in [6.45, 7) is 7.97. The summed E-state index contributed by atoms with van der Waals surface area (Å²) in [7, 11) is 0. The number of quaternary nitrogens is 1. The summed E-state index contributed by atoms with van der Waals surface area (Å²) in [6.07, 6.45) is 0. The van der Waals surface area contributed by atoms with Crippen molar-refractivity contribution < 1.29 is 4.48 Å². The van der Waals surface area contributed by atoms with Crippen LogP contribution < -0.4 is 0 Å². The Morgan fingerprint density at radius 3 is 2.18 bits per heavy atom. The van der Waals surface area contributed by atoms with E-state index in [1.54, 1.807) is 0 Å². The molecule has 2 bridgehead atoms. The lowest BCUT2D eigenvalue weighted by Gasteiger charge is -2.49. The van der Waals surface area contributed by atoms with Gasteiger partial charge in [-0.1, -0.05) is 0 Å². The number of nitrogens with zero attached hydrogens (tertiary/aromatic N) is 3. The van der Waals surface area contributed by atoms with Crippen molar-refractivity contribution in [1.29, 1.82) is 5.26 Å². The van der Waals surface area contributed by atoms with Gasteiger partial charge in [0.15, 0.2) is 6.54 Å². The van der Waals surface area contributed by atoms with Crippen molar-refractivity contribution in [1.82, 2.24) is 4.90 Å². The molecule has 0 saturated carbocycles. The number of hydrogen-bond acceptors (Lipinski definition) is 2. The van der Waals surface area contributed by atoms with Gasteiger partial charge in [-0.05, 0) is 0 Å². The van der Waals surface area contributed by atoms with Crippen molar-refractivity contribution in [3.05, 3.63) is 0 Å². The predicted molar refractivity (Wildman–Crippen MR) is 41.8 cm³/mol. The molecule has 3 aliphatic heterocycles. The lowest BCUT2D eigenvalue weighted by Crippen LogP contribution is -2.67. The molecule has 0 N–H and O–H groups in total. The van der Waals surface area contributed by atoms with Crippen molar-refractivity contribution in [3.8, 4) is 6.07 Å². The van der Waals surface area contributed by atoms with E-state index in [1.165, 1.54) is 39.3 Å². The Morgan fingerprint density at radius 2 is 1.73 bits per heavy atom. The summed E-state index contributed by atoms with van der Waals surface area (Å²) >= 11 is 0. The number of nitriles is 1. The van der Waals surface area contributed by atoms with Crippen LogP contribution in [-0.4, -0.2) is 55.2 Å². The van der Waals surface area contributed by atoms with Crippen molar-refractivity contribution in [2.24, 2.45) is 0 Å². The Morgan fingerprint density at radius 1 is 1.18 bits per heavy atom. The number of rotatable bonds is 1. The molecular weight excluding hydrogens is 138 g/mol. The fraction of sp³-hybridized carbons (Fsp3) is 0.875. The highest BCUT2D eigenvalue weighted by Crippen LogP contribution is 2.18. The summed E-state index contributed by atoms with van der Waals surface area (Å²) < 4.78 is 1.08. The van der Waals surface area contributed by atoms with Crippen LogP contribution in [0.2, 0.25) is 0 Å². The zero-order valence-corrected chi connectivity index (χ0v) is 6.79. The molecule has 0 aromatic rings. The molecule has 3 nitrogen and oxygen atoms in total. The molecule has 0 amide bonds. The highest BCUT2D eigenvalue weighted by Gasteiger charge is 2.37. The third kappa shape index (κ3) is 1.13. The summed E-state index contributed by atoms with van der Waals surface area (Å²) in [5.41, 5.74) is 0. The predicted octanol–water partition coefficient (Wildman–Crippen LogP) is -0.344. The van der Waals surface area contributed by atoms with E-state index in [0.717, 1.165) is 11.0 Å². The van der Waals surface area contributed by atoms with E-state index in [0.29, 0.717) is 0 Å². The first-order chi connectivity index (χ1) is 5.35. The highest BCUT2D eigenvalue weighted by atomic mass is 15.4. The second kappa shape index (κ2) is 2.47. The van der Waals surface area contributed by atoms with E-state index in [-0.39, 0.29) is 0 Å². The monoisotopic (exact) mass is 152 g/mol. The maximum atomic E-state index is 8.65. The summed E-state index contributed by atoms with van der Waals surface area (Å²) in [6, 6.07) is 2.31. The summed E-state index contributed by atoms with van der Waals surface area (Å²) in [5.74, 6) is 0. The zero-order valence-electron chi connectivity index (χ0n) is 6.79. The largest absolute Gasteiger partial charge is 0.309 e. The normalized spacial score (nSPS) is 41.9. The molecule has 0 aromatic heterocycles. The van der Waals surface area contributed by atoms with Gasteiger partial charge in [0.05, 0.1) is 19.6 Å². The second-order valence-electron chi connectivity index (χ2n) is 3.67. The van der Waals surface area contributed by atoms with Crippen LogP contribution in [0.15, 0.2) is 0 Å². The fourth-order valence-electron chi connectivity index (χ4n) is 2.12. The van der Waals surface area contributed by atoms with E-state index in [1.807, 2.05) is 0 Å². The van der Waals surface area contributed by atoms with E-state index in [4.69, 9.17) is 5.26 Å². The quantitative estimate of drug-likeness (QED) is 0.379. The van der Waals surface area contributed by atoms with Gasteiger partial charge < -0.3 is 4.48 Å². The standard InChI is InChI=1S/C8H14N3/c9-1-5-11-6-2-10(3-7-11)4-8-11/h2-8H2/q+1. The van der Waals surface area contributed by atoms with Crippen LogP contribution in [0.25, 0.3) is 0 Å². The van der Waals surface area contributed by atoms with E-state index in [9.17, 15) is 0 Å². The van der Waals surface area contributed by atoms with Gasteiger partial charge in [0.1, 0.15) is 6.07 Å². The molecule has 3 saturated heterocycles. The maximum Gasteiger partial charge on any atom is 0.166 e. The Bertz CT molecular complexity index is 172. The van der Waals surface area contributed by atoms with Gasteiger partial charge in [-0.2, -0.15) is 5.26 Å². The van der Waals surface area contributed by atoms with Crippen molar-refractivity contribution >= 4 is 0 Å². The molecule has 3 heteroatoms. The Labute approximate surface area is 67.4 Å². The first-order valence-corrected chi connectivity index (χ1v) is 4.29. The Hall–Kier alpha value is -0.590. The lowest BCUT2D eigenvalue weighted by atomic mass is 10.1. The summed E-state index contributed by atoms with van der Waals surface area (Å²) in [5, 5.41) is 8.65. The summed E-state index contributed by atoms with van der Waals surface area (Å²) in [4.78, 5) is 2.50.